The molecule has 4 heterocycles. The second kappa shape index (κ2) is 7.80. The number of rotatable bonds is 4. The molecule has 2 saturated heterocycles. The zero-order valence-corrected chi connectivity index (χ0v) is 18.8. The smallest absolute Gasteiger partial charge is 0.219 e. The summed E-state index contributed by atoms with van der Waals surface area (Å²) in [7, 11) is 3.78. The number of amides is 1. The predicted octanol–water partition coefficient (Wildman–Crippen LogP) is 2.06. The number of nitrogens with zero attached hydrogens (tertiary/aromatic N) is 3. The van der Waals surface area contributed by atoms with Gasteiger partial charge in [-0.05, 0) is 36.5 Å². The maximum atomic E-state index is 12.1. The summed E-state index contributed by atoms with van der Waals surface area (Å²) in [4.78, 5) is 16.5. The zero-order valence-electron chi connectivity index (χ0n) is 18.8. The average molecular weight is 428 g/mol. The first kappa shape index (κ1) is 20.8. The summed E-state index contributed by atoms with van der Waals surface area (Å²) in [5, 5.41) is 11.7. The van der Waals surface area contributed by atoms with Gasteiger partial charge in [0.2, 0.25) is 5.91 Å². The lowest BCUT2D eigenvalue weighted by Crippen LogP contribution is -2.67. The number of aryl methyl sites for hydroxylation is 1. The molecule has 1 atom stereocenters. The number of ether oxygens (including phenoxy) is 2. The van der Waals surface area contributed by atoms with Gasteiger partial charge in [-0.15, -0.1) is 0 Å². The number of likely N-dealkylation sites (tertiary alicyclic amines) is 1. The molecule has 1 N–H and O–H groups in total. The van der Waals surface area contributed by atoms with Crippen LogP contribution in [-0.2, 0) is 22.0 Å². The molecule has 2 aromatic rings. The number of carbonyl (C=O) groups is 1. The molecule has 0 bridgehead atoms. The summed E-state index contributed by atoms with van der Waals surface area (Å²) in [6.45, 7) is 6.70. The highest BCUT2D eigenvalue weighted by Crippen LogP contribution is 2.49. The van der Waals surface area contributed by atoms with Gasteiger partial charge in [0.1, 0.15) is 5.75 Å². The Kier molecular flexibility index (Phi) is 5.23. The van der Waals surface area contributed by atoms with Gasteiger partial charge in [-0.2, -0.15) is 0 Å². The topological polar surface area (TPSA) is 67.2 Å². The van der Waals surface area contributed by atoms with Gasteiger partial charge in [0.05, 0.1) is 25.3 Å². The standard InChI is InChI=1S/C24H33N3O4/c1-16(29)27-14-24(15-27)13-26(11-17-6-8-31-9-7-17)21(12-28)23-22(24)19-5-4-18(30-3)10-20(19)25(23)2/h4-5,10,17,21,28H,6-9,11-15H2,1-3H3/t21-/m0/s1. The third kappa shape index (κ3) is 3.25. The fourth-order valence-electron chi connectivity index (χ4n) is 6.08. The lowest BCUT2D eigenvalue weighted by Gasteiger charge is -2.56. The van der Waals surface area contributed by atoms with Crippen molar-refractivity contribution in [2.24, 2.45) is 13.0 Å². The molecule has 0 saturated carbocycles. The summed E-state index contributed by atoms with van der Waals surface area (Å²) in [5.74, 6) is 1.55. The van der Waals surface area contributed by atoms with Crippen molar-refractivity contribution in [3.8, 4) is 5.75 Å². The molecule has 0 radical (unpaired) electrons. The van der Waals surface area contributed by atoms with Crippen LogP contribution in [0.25, 0.3) is 10.9 Å². The molecule has 3 aliphatic rings. The van der Waals surface area contributed by atoms with Gasteiger partial charge in [-0.1, -0.05) is 0 Å². The highest BCUT2D eigenvalue weighted by molar-refractivity contribution is 5.89. The van der Waals surface area contributed by atoms with E-state index < -0.39 is 0 Å². The lowest BCUT2D eigenvalue weighted by atomic mass is 9.68. The Labute approximate surface area is 183 Å². The summed E-state index contributed by atoms with van der Waals surface area (Å²) >= 11 is 0. The molecular weight excluding hydrogens is 394 g/mol. The number of fused-ring (bicyclic) bond motifs is 4. The van der Waals surface area contributed by atoms with Gasteiger partial charge in [-0.25, -0.2) is 0 Å². The maximum absolute atomic E-state index is 12.1. The van der Waals surface area contributed by atoms with Crippen molar-refractivity contribution >= 4 is 16.8 Å². The van der Waals surface area contributed by atoms with Crippen molar-refractivity contribution in [1.29, 1.82) is 0 Å². The number of hydrogen-bond acceptors (Lipinski definition) is 5. The minimum absolute atomic E-state index is 0.0433. The van der Waals surface area contributed by atoms with E-state index in [2.05, 4.69) is 28.6 Å². The van der Waals surface area contributed by atoms with Crippen LogP contribution < -0.4 is 4.74 Å². The van der Waals surface area contributed by atoms with E-state index in [4.69, 9.17) is 9.47 Å². The fraction of sp³-hybridized carbons (Fsp3) is 0.625. The SMILES string of the molecule is COc1ccc2c3c(n(C)c2c1)[C@H](CO)N(CC1CCOCC1)CC31CN(C(C)=O)C1. The van der Waals surface area contributed by atoms with Crippen LogP contribution >= 0.6 is 0 Å². The van der Waals surface area contributed by atoms with Crippen LogP contribution in [0.15, 0.2) is 18.2 Å². The van der Waals surface area contributed by atoms with Crippen LogP contribution in [0, 0.1) is 5.92 Å². The minimum atomic E-state index is -0.0913. The molecule has 1 aromatic heterocycles. The summed E-state index contributed by atoms with van der Waals surface area (Å²) < 4.78 is 13.3. The second-order valence-corrected chi connectivity index (χ2v) is 9.54. The van der Waals surface area contributed by atoms with E-state index in [0.29, 0.717) is 5.92 Å². The molecular formula is C24H33N3O4. The monoisotopic (exact) mass is 427 g/mol. The van der Waals surface area contributed by atoms with Gasteiger partial charge >= 0.3 is 0 Å². The molecule has 0 unspecified atom stereocenters. The molecule has 3 aliphatic heterocycles. The van der Waals surface area contributed by atoms with E-state index in [0.717, 1.165) is 63.5 Å². The van der Waals surface area contributed by atoms with E-state index in [1.165, 1.54) is 16.6 Å². The van der Waals surface area contributed by atoms with Crippen LogP contribution in [0.1, 0.15) is 37.1 Å². The Balaban J connectivity index is 1.61. The first-order chi connectivity index (χ1) is 15.0. The molecule has 168 valence electrons. The first-order valence-corrected chi connectivity index (χ1v) is 11.3. The molecule has 31 heavy (non-hydrogen) atoms. The number of carbonyl (C=O) groups excluding carboxylic acids is 1. The van der Waals surface area contributed by atoms with Crippen LogP contribution in [0.4, 0.5) is 0 Å². The van der Waals surface area contributed by atoms with E-state index >= 15 is 0 Å². The summed E-state index contributed by atoms with van der Waals surface area (Å²) in [5.41, 5.74) is 3.53. The number of hydrogen-bond donors (Lipinski definition) is 1. The average Bonchev–Trinajstić information content (AvgIpc) is 3.04. The Hall–Kier alpha value is -2.09. The minimum Gasteiger partial charge on any atom is -0.497 e. The fourth-order valence-corrected chi connectivity index (χ4v) is 6.08. The Morgan fingerprint density at radius 3 is 2.65 bits per heavy atom. The van der Waals surface area contributed by atoms with Crippen molar-refractivity contribution in [3.63, 3.8) is 0 Å². The van der Waals surface area contributed by atoms with E-state index in [1.54, 1.807) is 14.0 Å². The lowest BCUT2D eigenvalue weighted by molar-refractivity contribution is -0.138. The van der Waals surface area contributed by atoms with Crippen LogP contribution in [0.5, 0.6) is 5.75 Å². The number of benzene rings is 1. The molecule has 1 amide bonds. The first-order valence-electron chi connectivity index (χ1n) is 11.3. The molecule has 2 fully saturated rings. The van der Waals surface area contributed by atoms with Crippen LogP contribution in [0.3, 0.4) is 0 Å². The Morgan fingerprint density at radius 1 is 1.26 bits per heavy atom. The molecule has 7 nitrogen and oxygen atoms in total. The number of aromatic nitrogens is 1. The van der Waals surface area contributed by atoms with Crippen molar-refractivity contribution in [2.75, 3.05) is 53.1 Å². The van der Waals surface area contributed by atoms with E-state index in [9.17, 15) is 9.90 Å². The highest BCUT2D eigenvalue weighted by atomic mass is 16.5. The molecule has 5 rings (SSSR count). The van der Waals surface area contributed by atoms with Gasteiger partial charge in [0.15, 0.2) is 0 Å². The van der Waals surface area contributed by atoms with Crippen molar-refractivity contribution in [1.82, 2.24) is 14.4 Å². The van der Waals surface area contributed by atoms with Crippen LogP contribution in [-0.4, -0.2) is 78.5 Å². The second-order valence-electron chi connectivity index (χ2n) is 9.54. The number of aliphatic hydroxyl groups excluding tert-OH is 1. The molecule has 0 aliphatic carbocycles. The Morgan fingerprint density at radius 2 is 2.00 bits per heavy atom. The summed E-state index contributed by atoms with van der Waals surface area (Å²) in [6, 6.07) is 6.20. The summed E-state index contributed by atoms with van der Waals surface area (Å²) in [6.07, 6.45) is 2.14. The normalized spacial score (nSPS) is 23.7. The van der Waals surface area contributed by atoms with Crippen molar-refractivity contribution in [2.45, 2.75) is 31.2 Å². The Bertz CT molecular complexity index is 988. The van der Waals surface area contributed by atoms with Crippen molar-refractivity contribution < 1.29 is 19.4 Å². The highest BCUT2D eigenvalue weighted by Gasteiger charge is 2.54. The molecule has 1 spiro atoms. The van der Waals surface area contributed by atoms with Crippen LogP contribution in [0.2, 0.25) is 0 Å². The third-order valence-electron chi connectivity index (χ3n) is 7.68. The number of aliphatic hydroxyl groups is 1. The van der Waals surface area contributed by atoms with Crippen molar-refractivity contribution in [3.05, 3.63) is 29.5 Å². The van der Waals surface area contributed by atoms with Gasteiger partial charge in [-0.3, -0.25) is 9.69 Å². The number of methoxy groups -OCH3 is 1. The molecule has 7 heteroatoms. The van der Waals surface area contributed by atoms with Gasteiger partial charge < -0.3 is 24.0 Å². The molecule has 1 aromatic carbocycles. The quantitative estimate of drug-likeness (QED) is 0.809. The largest absolute Gasteiger partial charge is 0.497 e. The maximum Gasteiger partial charge on any atom is 0.219 e. The van der Waals surface area contributed by atoms with Gasteiger partial charge in [0, 0.05) is 75.9 Å². The third-order valence-corrected chi connectivity index (χ3v) is 7.68. The zero-order chi connectivity index (χ0) is 21.8. The van der Waals surface area contributed by atoms with E-state index in [-0.39, 0.29) is 24.0 Å². The van der Waals surface area contributed by atoms with Gasteiger partial charge in [0.25, 0.3) is 0 Å². The van der Waals surface area contributed by atoms with E-state index in [1.807, 2.05) is 11.0 Å². The predicted molar refractivity (Wildman–Crippen MR) is 118 cm³/mol.